The summed E-state index contributed by atoms with van der Waals surface area (Å²) in [7, 11) is 1.54. The Morgan fingerprint density at radius 2 is 2.05 bits per heavy atom. The number of ketones is 1. The number of alkyl halides is 1. The summed E-state index contributed by atoms with van der Waals surface area (Å²) in [5.41, 5.74) is 1.15. The summed E-state index contributed by atoms with van der Waals surface area (Å²) in [4.78, 5) is 25.6. The molecular weight excluding hydrogens is 322 g/mol. The van der Waals surface area contributed by atoms with Crippen LogP contribution in [0.25, 0.3) is 0 Å². The Morgan fingerprint density at radius 1 is 1.30 bits per heavy atom. The third-order valence-corrected chi connectivity index (χ3v) is 4.08. The molecule has 0 radical (unpaired) electrons. The van der Waals surface area contributed by atoms with Crippen molar-refractivity contribution in [3.8, 4) is 5.75 Å². The SMILES string of the molecule is COc1ccc2c(c1)C(=O)C(=O)N2CCC(C)CCBr. The van der Waals surface area contributed by atoms with Crippen molar-refractivity contribution in [3.63, 3.8) is 0 Å². The first-order chi connectivity index (χ1) is 9.58. The second-order valence-corrected chi connectivity index (χ2v) is 5.83. The van der Waals surface area contributed by atoms with Crippen molar-refractivity contribution in [1.82, 2.24) is 0 Å². The van der Waals surface area contributed by atoms with E-state index in [1.54, 1.807) is 30.2 Å². The van der Waals surface area contributed by atoms with Gasteiger partial charge in [0.1, 0.15) is 5.75 Å². The number of ether oxygens (including phenoxy) is 1. The molecule has 1 amide bonds. The minimum Gasteiger partial charge on any atom is -0.497 e. The molecule has 1 aromatic carbocycles. The standard InChI is InChI=1S/C15H18BrNO3/c1-10(5-7-16)6-8-17-13-4-3-11(20-2)9-12(13)14(18)15(17)19/h3-4,9-10H,5-8H2,1-2H3. The Labute approximate surface area is 127 Å². The first-order valence-electron chi connectivity index (χ1n) is 6.68. The Hall–Kier alpha value is -1.36. The Bertz CT molecular complexity index is 530. The lowest BCUT2D eigenvalue weighted by Gasteiger charge is -2.19. The van der Waals surface area contributed by atoms with Gasteiger partial charge in [0.15, 0.2) is 0 Å². The number of halogens is 1. The van der Waals surface area contributed by atoms with Gasteiger partial charge in [-0.25, -0.2) is 0 Å². The van der Waals surface area contributed by atoms with Crippen LogP contribution in [0.15, 0.2) is 18.2 Å². The Balaban J connectivity index is 2.16. The van der Waals surface area contributed by atoms with Crippen molar-refractivity contribution in [2.75, 3.05) is 23.9 Å². The molecule has 0 saturated carbocycles. The maximum absolute atomic E-state index is 12.1. The van der Waals surface area contributed by atoms with Gasteiger partial charge in [-0.1, -0.05) is 22.9 Å². The molecule has 1 aliphatic heterocycles. The molecule has 1 atom stereocenters. The molecule has 0 bridgehead atoms. The monoisotopic (exact) mass is 339 g/mol. The predicted octanol–water partition coefficient (Wildman–Crippen LogP) is 3.04. The summed E-state index contributed by atoms with van der Waals surface area (Å²) in [5.74, 6) is 0.241. The summed E-state index contributed by atoms with van der Waals surface area (Å²) in [5, 5.41) is 0.953. The molecule has 0 saturated heterocycles. The number of Topliss-reactive ketones (excluding diaryl/α,β-unsaturated/α-hetero) is 1. The number of nitrogens with zero attached hydrogens (tertiary/aromatic N) is 1. The highest BCUT2D eigenvalue weighted by Crippen LogP contribution is 2.32. The van der Waals surface area contributed by atoms with Crippen molar-refractivity contribution in [3.05, 3.63) is 23.8 Å². The van der Waals surface area contributed by atoms with Gasteiger partial charge in [0.25, 0.3) is 11.7 Å². The zero-order valence-corrected chi connectivity index (χ0v) is 13.3. The van der Waals surface area contributed by atoms with E-state index in [0.29, 0.717) is 29.5 Å². The molecule has 1 heterocycles. The minimum atomic E-state index is -0.438. The van der Waals surface area contributed by atoms with Crippen LogP contribution >= 0.6 is 15.9 Å². The maximum atomic E-state index is 12.1. The lowest BCUT2D eigenvalue weighted by molar-refractivity contribution is -0.114. The number of methoxy groups -OCH3 is 1. The number of hydrogen-bond donors (Lipinski definition) is 0. The summed E-state index contributed by atoms with van der Waals surface area (Å²) in [6, 6.07) is 5.20. The number of rotatable bonds is 6. The number of anilines is 1. The first-order valence-corrected chi connectivity index (χ1v) is 7.80. The van der Waals surface area contributed by atoms with E-state index in [-0.39, 0.29) is 0 Å². The number of benzene rings is 1. The van der Waals surface area contributed by atoms with Gasteiger partial charge < -0.3 is 9.64 Å². The van der Waals surface area contributed by atoms with E-state index in [9.17, 15) is 9.59 Å². The van der Waals surface area contributed by atoms with E-state index < -0.39 is 11.7 Å². The molecule has 4 nitrogen and oxygen atoms in total. The fourth-order valence-electron chi connectivity index (χ4n) is 2.31. The highest BCUT2D eigenvalue weighted by molar-refractivity contribution is 9.09. The fraction of sp³-hybridized carbons (Fsp3) is 0.467. The molecule has 5 heteroatoms. The van der Waals surface area contributed by atoms with E-state index in [0.717, 1.165) is 18.2 Å². The topological polar surface area (TPSA) is 46.6 Å². The predicted molar refractivity (Wildman–Crippen MR) is 81.9 cm³/mol. The number of carbonyl (C=O) groups is 2. The fourth-order valence-corrected chi connectivity index (χ4v) is 3.09. The molecule has 2 rings (SSSR count). The van der Waals surface area contributed by atoms with Gasteiger partial charge in [0.05, 0.1) is 18.4 Å². The van der Waals surface area contributed by atoms with Gasteiger partial charge in [0.2, 0.25) is 0 Å². The third kappa shape index (κ3) is 2.87. The quantitative estimate of drug-likeness (QED) is 0.591. The summed E-state index contributed by atoms with van der Waals surface area (Å²) in [6.45, 7) is 2.73. The molecule has 0 aliphatic carbocycles. The van der Waals surface area contributed by atoms with Crippen molar-refractivity contribution in [2.24, 2.45) is 5.92 Å². The molecule has 1 aromatic rings. The lowest BCUT2D eigenvalue weighted by Crippen LogP contribution is -2.31. The van der Waals surface area contributed by atoms with Crippen LogP contribution in [0.1, 0.15) is 30.1 Å². The zero-order chi connectivity index (χ0) is 14.7. The van der Waals surface area contributed by atoms with Gasteiger partial charge in [-0.05, 0) is 37.0 Å². The maximum Gasteiger partial charge on any atom is 0.299 e. The minimum absolute atomic E-state index is 0.431. The van der Waals surface area contributed by atoms with Crippen LogP contribution in [0.3, 0.4) is 0 Å². The number of hydrogen-bond acceptors (Lipinski definition) is 3. The van der Waals surface area contributed by atoms with Crippen molar-refractivity contribution >= 4 is 33.3 Å². The smallest absolute Gasteiger partial charge is 0.299 e. The molecule has 20 heavy (non-hydrogen) atoms. The van der Waals surface area contributed by atoms with Crippen LogP contribution in [-0.4, -0.2) is 30.7 Å². The molecule has 0 N–H and O–H groups in total. The average Bonchev–Trinajstić information content (AvgIpc) is 2.69. The molecule has 108 valence electrons. The Kier molecular flexibility index (Phi) is 4.81. The van der Waals surface area contributed by atoms with Crippen molar-refractivity contribution < 1.29 is 14.3 Å². The van der Waals surface area contributed by atoms with Crippen LogP contribution in [0.4, 0.5) is 5.69 Å². The largest absolute Gasteiger partial charge is 0.497 e. The van der Waals surface area contributed by atoms with Crippen LogP contribution in [0.2, 0.25) is 0 Å². The summed E-state index contributed by atoms with van der Waals surface area (Å²) >= 11 is 3.42. The average molecular weight is 340 g/mol. The summed E-state index contributed by atoms with van der Waals surface area (Å²) < 4.78 is 5.10. The van der Waals surface area contributed by atoms with Crippen LogP contribution in [0.5, 0.6) is 5.75 Å². The van der Waals surface area contributed by atoms with Gasteiger partial charge >= 0.3 is 0 Å². The summed E-state index contributed by atoms with van der Waals surface area (Å²) in [6.07, 6.45) is 1.95. The van der Waals surface area contributed by atoms with Gasteiger partial charge in [-0.15, -0.1) is 0 Å². The molecule has 0 spiro atoms. The molecular formula is C15H18BrNO3. The van der Waals surface area contributed by atoms with Gasteiger partial charge in [-0.3, -0.25) is 9.59 Å². The first kappa shape index (κ1) is 15.0. The van der Waals surface area contributed by atoms with Crippen molar-refractivity contribution in [2.45, 2.75) is 19.8 Å². The second-order valence-electron chi connectivity index (χ2n) is 5.04. The van der Waals surface area contributed by atoms with E-state index in [1.165, 1.54) is 0 Å². The van der Waals surface area contributed by atoms with E-state index >= 15 is 0 Å². The Morgan fingerprint density at radius 3 is 2.70 bits per heavy atom. The molecule has 1 unspecified atom stereocenters. The molecule has 0 aromatic heterocycles. The molecule has 1 aliphatic rings. The van der Waals surface area contributed by atoms with E-state index in [4.69, 9.17) is 4.74 Å². The highest BCUT2D eigenvalue weighted by Gasteiger charge is 2.35. The third-order valence-electron chi connectivity index (χ3n) is 3.63. The number of carbonyl (C=O) groups excluding carboxylic acids is 2. The second kappa shape index (κ2) is 6.39. The highest BCUT2D eigenvalue weighted by atomic mass is 79.9. The van der Waals surface area contributed by atoms with Gasteiger partial charge in [0, 0.05) is 11.9 Å². The van der Waals surface area contributed by atoms with Crippen LogP contribution in [0, 0.1) is 5.92 Å². The van der Waals surface area contributed by atoms with Crippen molar-refractivity contribution in [1.29, 1.82) is 0 Å². The molecule has 0 fully saturated rings. The van der Waals surface area contributed by atoms with Gasteiger partial charge in [-0.2, -0.15) is 0 Å². The number of fused-ring (bicyclic) bond motifs is 1. The normalized spacial score (nSPS) is 15.4. The van der Waals surface area contributed by atoms with Crippen LogP contribution in [-0.2, 0) is 4.79 Å². The number of amides is 1. The van der Waals surface area contributed by atoms with E-state index in [1.807, 2.05) is 0 Å². The zero-order valence-electron chi connectivity index (χ0n) is 11.7. The van der Waals surface area contributed by atoms with E-state index in [2.05, 4.69) is 22.9 Å². The van der Waals surface area contributed by atoms with Crippen LogP contribution < -0.4 is 9.64 Å². The lowest BCUT2D eigenvalue weighted by atomic mass is 10.1.